The zero-order valence-electron chi connectivity index (χ0n) is 8.11. The Morgan fingerprint density at radius 1 is 1.36 bits per heavy atom. The number of halogens is 1. The van der Waals surface area contributed by atoms with E-state index in [0.29, 0.717) is 0 Å². The minimum Gasteiger partial charge on any atom is -0.143 e. The average Bonchev–Trinajstić information content (AvgIpc) is 2.63. The van der Waals surface area contributed by atoms with Gasteiger partial charge in [0.2, 0.25) is 0 Å². The molecule has 14 heavy (non-hydrogen) atoms. The second-order valence-corrected chi connectivity index (χ2v) is 6.07. The van der Waals surface area contributed by atoms with Gasteiger partial charge in [-0.1, -0.05) is 17.8 Å². The summed E-state index contributed by atoms with van der Waals surface area (Å²) in [5, 5.41) is 10.6. The van der Waals surface area contributed by atoms with E-state index in [1.807, 2.05) is 6.92 Å². The van der Waals surface area contributed by atoms with Crippen molar-refractivity contribution in [3.63, 3.8) is 0 Å². The van der Waals surface area contributed by atoms with Crippen LogP contribution in [0.4, 0.5) is 0 Å². The van der Waals surface area contributed by atoms with E-state index in [9.17, 15) is 0 Å². The third kappa shape index (κ3) is 1.29. The molecule has 0 aromatic carbocycles. The molecule has 3 rings (SSSR count). The van der Waals surface area contributed by atoms with Crippen molar-refractivity contribution in [1.29, 1.82) is 0 Å². The molecule has 2 aliphatic carbocycles. The van der Waals surface area contributed by atoms with Gasteiger partial charge in [-0.15, -0.1) is 21.8 Å². The Morgan fingerprint density at radius 3 is 2.64 bits per heavy atom. The summed E-state index contributed by atoms with van der Waals surface area (Å²) in [5.41, 5.74) is 0. The maximum absolute atomic E-state index is 5.97. The van der Waals surface area contributed by atoms with Crippen molar-refractivity contribution in [3.05, 3.63) is 10.0 Å². The highest BCUT2D eigenvalue weighted by atomic mass is 35.5. The van der Waals surface area contributed by atoms with Crippen LogP contribution in [0.15, 0.2) is 0 Å². The molecule has 76 valence electrons. The summed E-state index contributed by atoms with van der Waals surface area (Å²) in [4.78, 5) is 0. The molecule has 0 spiro atoms. The summed E-state index contributed by atoms with van der Waals surface area (Å²) < 4.78 is 0. The summed E-state index contributed by atoms with van der Waals surface area (Å²) in [6.45, 7) is 1.96. The van der Waals surface area contributed by atoms with Gasteiger partial charge in [0.25, 0.3) is 0 Å². The molecule has 0 bridgehead atoms. The first-order chi connectivity index (χ1) is 6.77. The smallest absolute Gasteiger partial charge is 0.135 e. The Bertz CT molecular complexity index is 340. The second kappa shape index (κ2) is 3.17. The lowest BCUT2D eigenvalue weighted by Crippen LogP contribution is -1.86. The normalized spacial score (nSPS) is 36.9. The lowest BCUT2D eigenvalue weighted by molar-refractivity contribution is 0.674. The molecule has 3 unspecified atom stereocenters. The SMILES string of the molecule is CC(Cl)c1nnc(C2C3CCCC32)s1. The molecule has 1 heterocycles. The van der Waals surface area contributed by atoms with Gasteiger partial charge in [0.15, 0.2) is 0 Å². The molecule has 0 N–H and O–H groups in total. The van der Waals surface area contributed by atoms with Gasteiger partial charge in [0.05, 0.1) is 5.38 Å². The number of alkyl halides is 1. The summed E-state index contributed by atoms with van der Waals surface area (Å²) >= 11 is 7.68. The highest BCUT2D eigenvalue weighted by Gasteiger charge is 2.54. The molecular weight excluding hydrogens is 216 g/mol. The van der Waals surface area contributed by atoms with Crippen LogP contribution in [0.2, 0.25) is 0 Å². The highest BCUT2D eigenvalue weighted by molar-refractivity contribution is 7.11. The Labute approximate surface area is 92.7 Å². The second-order valence-electron chi connectivity index (χ2n) is 4.38. The molecular formula is C10H13ClN2S. The van der Waals surface area contributed by atoms with E-state index >= 15 is 0 Å². The summed E-state index contributed by atoms with van der Waals surface area (Å²) in [6.07, 6.45) is 4.23. The molecule has 2 nitrogen and oxygen atoms in total. The van der Waals surface area contributed by atoms with E-state index < -0.39 is 0 Å². The zero-order valence-corrected chi connectivity index (χ0v) is 9.68. The number of hydrogen-bond donors (Lipinski definition) is 0. The van der Waals surface area contributed by atoms with Gasteiger partial charge in [-0.05, 0) is 31.6 Å². The van der Waals surface area contributed by atoms with Crippen LogP contribution >= 0.6 is 22.9 Å². The predicted octanol–water partition coefficient (Wildman–Crippen LogP) is 3.35. The van der Waals surface area contributed by atoms with E-state index in [1.54, 1.807) is 11.3 Å². The summed E-state index contributed by atoms with van der Waals surface area (Å²) in [6, 6.07) is 0. The third-order valence-electron chi connectivity index (χ3n) is 3.49. The van der Waals surface area contributed by atoms with Crippen molar-refractivity contribution in [3.8, 4) is 0 Å². The number of nitrogens with zero attached hydrogens (tertiary/aromatic N) is 2. The van der Waals surface area contributed by atoms with Crippen molar-refractivity contribution >= 4 is 22.9 Å². The van der Waals surface area contributed by atoms with E-state index in [2.05, 4.69) is 10.2 Å². The minimum absolute atomic E-state index is 0.0137. The first kappa shape index (κ1) is 9.10. The van der Waals surface area contributed by atoms with Crippen LogP contribution in [0.1, 0.15) is 47.5 Å². The highest BCUT2D eigenvalue weighted by Crippen LogP contribution is 2.63. The lowest BCUT2D eigenvalue weighted by atomic mass is 10.2. The summed E-state index contributed by atoms with van der Waals surface area (Å²) in [5.74, 6) is 2.60. The standard InChI is InChI=1S/C10H13ClN2S/c1-5(11)9-12-13-10(14-9)8-6-3-2-4-7(6)8/h5-8H,2-4H2,1H3. The first-order valence-electron chi connectivity index (χ1n) is 5.24. The van der Waals surface area contributed by atoms with Crippen LogP contribution < -0.4 is 0 Å². The van der Waals surface area contributed by atoms with E-state index in [1.165, 1.54) is 24.3 Å². The molecule has 4 heteroatoms. The largest absolute Gasteiger partial charge is 0.143 e. The maximum Gasteiger partial charge on any atom is 0.135 e. The van der Waals surface area contributed by atoms with Gasteiger partial charge in [-0.3, -0.25) is 0 Å². The van der Waals surface area contributed by atoms with E-state index in [0.717, 1.165) is 22.8 Å². The molecule has 2 fully saturated rings. The number of hydrogen-bond acceptors (Lipinski definition) is 3. The Hall–Kier alpha value is -0.150. The van der Waals surface area contributed by atoms with Gasteiger partial charge in [-0.25, -0.2) is 0 Å². The molecule has 0 amide bonds. The molecule has 2 aliphatic rings. The fraction of sp³-hybridized carbons (Fsp3) is 0.800. The maximum atomic E-state index is 5.97. The monoisotopic (exact) mass is 228 g/mol. The topological polar surface area (TPSA) is 25.8 Å². The average molecular weight is 229 g/mol. The number of aromatic nitrogens is 2. The summed E-state index contributed by atoms with van der Waals surface area (Å²) in [7, 11) is 0. The fourth-order valence-corrected chi connectivity index (χ4v) is 3.93. The third-order valence-corrected chi connectivity index (χ3v) is 5.03. The van der Waals surface area contributed by atoms with Crippen molar-refractivity contribution in [2.45, 2.75) is 37.5 Å². The van der Waals surface area contributed by atoms with Crippen LogP contribution in [0.25, 0.3) is 0 Å². The van der Waals surface area contributed by atoms with Crippen molar-refractivity contribution < 1.29 is 0 Å². The Balaban J connectivity index is 1.78. The first-order valence-corrected chi connectivity index (χ1v) is 6.50. The van der Waals surface area contributed by atoms with Gasteiger partial charge < -0.3 is 0 Å². The van der Waals surface area contributed by atoms with Crippen molar-refractivity contribution in [1.82, 2.24) is 10.2 Å². The predicted molar refractivity (Wildman–Crippen MR) is 57.7 cm³/mol. The molecule has 1 aromatic heterocycles. The van der Waals surface area contributed by atoms with Crippen molar-refractivity contribution in [2.75, 3.05) is 0 Å². The molecule has 0 aliphatic heterocycles. The molecule has 0 saturated heterocycles. The van der Waals surface area contributed by atoms with Gasteiger partial charge in [0, 0.05) is 5.92 Å². The zero-order chi connectivity index (χ0) is 9.71. The molecule has 3 atom stereocenters. The Kier molecular flexibility index (Phi) is 2.06. The van der Waals surface area contributed by atoms with Gasteiger partial charge >= 0.3 is 0 Å². The van der Waals surface area contributed by atoms with Crippen LogP contribution in [0.3, 0.4) is 0 Å². The van der Waals surface area contributed by atoms with Gasteiger partial charge in [0.1, 0.15) is 10.0 Å². The quantitative estimate of drug-likeness (QED) is 0.726. The fourth-order valence-electron chi connectivity index (χ4n) is 2.73. The minimum atomic E-state index is 0.0137. The van der Waals surface area contributed by atoms with Gasteiger partial charge in [-0.2, -0.15) is 0 Å². The van der Waals surface area contributed by atoms with E-state index in [4.69, 9.17) is 11.6 Å². The Morgan fingerprint density at radius 2 is 2.07 bits per heavy atom. The van der Waals surface area contributed by atoms with Crippen LogP contribution in [0.5, 0.6) is 0 Å². The lowest BCUT2D eigenvalue weighted by Gasteiger charge is -1.96. The van der Waals surface area contributed by atoms with Crippen LogP contribution in [-0.2, 0) is 0 Å². The van der Waals surface area contributed by atoms with E-state index in [-0.39, 0.29) is 5.38 Å². The van der Waals surface area contributed by atoms with Crippen molar-refractivity contribution in [2.24, 2.45) is 11.8 Å². The number of rotatable bonds is 2. The van der Waals surface area contributed by atoms with Crippen LogP contribution in [-0.4, -0.2) is 10.2 Å². The number of fused-ring (bicyclic) bond motifs is 1. The van der Waals surface area contributed by atoms with Crippen LogP contribution in [0, 0.1) is 11.8 Å². The molecule has 0 radical (unpaired) electrons. The molecule has 1 aromatic rings. The molecule has 2 saturated carbocycles.